The maximum absolute atomic E-state index is 13.7. The number of nitrogens with one attached hydrogen (secondary N) is 1. The van der Waals surface area contributed by atoms with Crippen molar-refractivity contribution in [2.75, 3.05) is 38.6 Å². The van der Waals surface area contributed by atoms with Crippen LogP contribution in [0.2, 0.25) is 0 Å². The number of hydrogen-bond donors (Lipinski definition) is 1. The van der Waals surface area contributed by atoms with Crippen LogP contribution in [0.5, 0.6) is 11.5 Å². The number of anilines is 1. The van der Waals surface area contributed by atoms with Crippen LogP contribution in [0.3, 0.4) is 0 Å². The van der Waals surface area contributed by atoms with E-state index in [2.05, 4.69) is 29.8 Å². The molecule has 0 bridgehead atoms. The molecule has 2 aromatic heterocycles. The van der Waals surface area contributed by atoms with Gasteiger partial charge in [0.25, 0.3) is 0 Å². The summed E-state index contributed by atoms with van der Waals surface area (Å²) in [6.45, 7) is 7.49. The number of para-hydroxylation sites is 1. The van der Waals surface area contributed by atoms with Crippen molar-refractivity contribution in [2.24, 2.45) is 0 Å². The number of aryl methyl sites for hydroxylation is 1. The zero-order valence-corrected chi connectivity index (χ0v) is 23.7. The lowest BCUT2D eigenvalue weighted by Gasteiger charge is -2.34. The molecule has 2 aliphatic heterocycles. The summed E-state index contributed by atoms with van der Waals surface area (Å²) in [7, 11) is -0.868. The van der Waals surface area contributed by atoms with Crippen molar-refractivity contribution >= 4 is 16.0 Å². The number of aromatic nitrogens is 5. The number of nitrogens with zero attached hydrogens (tertiary/aromatic N) is 6. The molecule has 2 fully saturated rings. The summed E-state index contributed by atoms with van der Waals surface area (Å²) in [5, 5.41) is 7.86. The molecule has 4 heterocycles. The molecule has 0 amide bonds. The van der Waals surface area contributed by atoms with Crippen LogP contribution in [0, 0.1) is 6.92 Å². The zero-order chi connectivity index (χ0) is 27.7. The van der Waals surface area contributed by atoms with Crippen LogP contribution in [0.25, 0.3) is 5.69 Å². The first kappa shape index (κ1) is 27.3. The van der Waals surface area contributed by atoms with Crippen molar-refractivity contribution in [3.63, 3.8) is 0 Å². The average molecular weight is 558 g/mol. The van der Waals surface area contributed by atoms with E-state index in [1.165, 1.54) is 0 Å². The van der Waals surface area contributed by atoms with E-state index >= 15 is 0 Å². The smallest absolute Gasteiger partial charge is 0.243 e. The summed E-state index contributed by atoms with van der Waals surface area (Å²) in [5.74, 6) is 1.39. The van der Waals surface area contributed by atoms with E-state index in [1.54, 1.807) is 63.2 Å². The number of morpholine rings is 1. The zero-order valence-electron chi connectivity index (χ0n) is 22.9. The second kappa shape index (κ2) is 11.1. The van der Waals surface area contributed by atoms with Gasteiger partial charge in [-0.15, -0.1) is 10.2 Å². The third kappa shape index (κ3) is 5.30. The monoisotopic (exact) mass is 557 g/mol. The maximum Gasteiger partial charge on any atom is 0.243 e. The van der Waals surface area contributed by atoms with Crippen molar-refractivity contribution in [1.82, 2.24) is 29.6 Å². The predicted molar refractivity (Wildman–Crippen MR) is 145 cm³/mol. The van der Waals surface area contributed by atoms with Gasteiger partial charge >= 0.3 is 0 Å². The highest BCUT2D eigenvalue weighted by Crippen LogP contribution is 2.39. The second-order valence-corrected chi connectivity index (χ2v) is 12.1. The van der Waals surface area contributed by atoms with Crippen LogP contribution >= 0.6 is 0 Å². The van der Waals surface area contributed by atoms with Crippen molar-refractivity contribution in [2.45, 2.75) is 56.9 Å². The molecule has 2 saturated heterocycles. The van der Waals surface area contributed by atoms with E-state index in [0.29, 0.717) is 48.0 Å². The van der Waals surface area contributed by atoms with E-state index in [0.717, 1.165) is 24.9 Å². The predicted octanol–water partition coefficient (Wildman–Crippen LogP) is 2.85. The molecule has 0 radical (unpaired) electrons. The molecule has 4 atom stereocenters. The largest absolute Gasteiger partial charge is 0.494 e. The Balaban J connectivity index is 1.54. The highest BCUT2D eigenvalue weighted by molar-refractivity contribution is 7.93. The molecule has 0 spiro atoms. The van der Waals surface area contributed by atoms with Gasteiger partial charge in [0.1, 0.15) is 29.1 Å². The number of methoxy groups -OCH3 is 2. The molecule has 13 heteroatoms. The van der Waals surface area contributed by atoms with Crippen molar-refractivity contribution in [1.29, 1.82) is 0 Å². The Bertz CT molecular complexity index is 1390. The quantitative estimate of drug-likeness (QED) is 0.419. The lowest BCUT2D eigenvalue weighted by atomic mass is 10.1. The van der Waals surface area contributed by atoms with Gasteiger partial charge in [0, 0.05) is 30.9 Å². The van der Waals surface area contributed by atoms with Crippen LogP contribution in [-0.4, -0.2) is 83.3 Å². The van der Waals surface area contributed by atoms with Gasteiger partial charge in [0.05, 0.1) is 26.1 Å². The molecule has 1 aromatic carbocycles. The Hall–Kier alpha value is -3.29. The van der Waals surface area contributed by atoms with Crippen LogP contribution in [0.15, 0.2) is 30.6 Å². The van der Waals surface area contributed by atoms with Gasteiger partial charge in [-0.1, -0.05) is 13.0 Å². The Kier molecular flexibility index (Phi) is 7.74. The van der Waals surface area contributed by atoms with Crippen LogP contribution in [0.1, 0.15) is 55.9 Å². The molecule has 12 nitrogen and oxygen atoms in total. The number of ether oxygens (including phenoxy) is 3. The Labute approximate surface area is 228 Å². The Morgan fingerprint density at radius 3 is 2.46 bits per heavy atom. The average Bonchev–Trinajstić information content (AvgIpc) is 3.58. The van der Waals surface area contributed by atoms with Crippen LogP contribution < -0.4 is 14.2 Å². The van der Waals surface area contributed by atoms with E-state index in [1.807, 2.05) is 6.92 Å². The normalized spacial score (nSPS) is 21.3. The molecule has 39 heavy (non-hydrogen) atoms. The van der Waals surface area contributed by atoms with Gasteiger partial charge in [0.15, 0.2) is 5.82 Å². The third-order valence-corrected chi connectivity index (χ3v) is 9.48. The summed E-state index contributed by atoms with van der Waals surface area (Å²) >= 11 is 0. The fourth-order valence-corrected chi connectivity index (χ4v) is 6.39. The molecular formula is C26H35N7O5S. The molecule has 2 aliphatic rings. The number of benzene rings is 1. The number of hydrogen-bond acceptors (Lipinski definition) is 10. The maximum atomic E-state index is 13.7. The summed E-state index contributed by atoms with van der Waals surface area (Å²) < 4.78 is 49.2. The van der Waals surface area contributed by atoms with Gasteiger partial charge in [-0.05, 0) is 50.9 Å². The molecule has 5 rings (SSSR count). The lowest BCUT2D eigenvalue weighted by molar-refractivity contribution is -0.0548. The number of sulfonamides is 1. The van der Waals surface area contributed by atoms with Gasteiger partial charge in [-0.3, -0.25) is 14.2 Å². The molecule has 3 aromatic rings. The minimum Gasteiger partial charge on any atom is -0.494 e. The number of rotatable bonds is 9. The first-order valence-electron chi connectivity index (χ1n) is 13.1. The van der Waals surface area contributed by atoms with Gasteiger partial charge in [-0.2, -0.15) is 0 Å². The fourth-order valence-electron chi connectivity index (χ4n) is 5.15. The molecule has 0 unspecified atom stereocenters. The van der Waals surface area contributed by atoms with Gasteiger partial charge < -0.3 is 14.2 Å². The van der Waals surface area contributed by atoms with Gasteiger partial charge in [-0.25, -0.2) is 18.4 Å². The Morgan fingerprint density at radius 1 is 1.10 bits per heavy atom. The topological polar surface area (TPSA) is 134 Å². The molecule has 210 valence electrons. The summed E-state index contributed by atoms with van der Waals surface area (Å²) in [4.78, 5) is 11.1. The number of fused-ring (bicyclic) bond motifs is 1. The highest BCUT2D eigenvalue weighted by atomic mass is 32.2. The van der Waals surface area contributed by atoms with Crippen LogP contribution in [0.4, 0.5) is 5.95 Å². The second-order valence-electron chi connectivity index (χ2n) is 10.1. The standard InChI is InChI=1S/C26H35N7O5S/c1-16-12-27-24(28-13-16)17(2)18(3)39(34,35)31-26-30-29-25(22-14-32-11-7-8-19(32)15-38-22)33(26)23-20(36-4)9-6-10-21(23)37-5/h6,9-10,12-13,17-19,22H,7-8,11,14-15H2,1-5H3,(H,30,31)/t17-,18-,19+,22+/m0/s1. The first-order chi connectivity index (χ1) is 18.7. The summed E-state index contributed by atoms with van der Waals surface area (Å²) in [6, 6.07) is 5.74. The Morgan fingerprint density at radius 2 is 1.79 bits per heavy atom. The van der Waals surface area contributed by atoms with E-state index in [-0.39, 0.29) is 5.95 Å². The van der Waals surface area contributed by atoms with E-state index < -0.39 is 27.3 Å². The van der Waals surface area contributed by atoms with Crippen LogP contribution in [-0.2, 0) is 14.8 Å². The van der Waals surface area contributed by atoms with Crippen molar-refractivity contribution in [3.8, 4) is 17.2 Å². The lowest BCUT2D eigenvalue weighted by Crippen LogP contribution is -2.43. The molecule has 0 aliphatic carbocycles. The SMILES string of the molecule is COc1cccc(OC)c1-n1c(NS(=O)(=O)[C@@H](C)[C@H](C)c2ncc(C)cn2)nnc1[C@H]1CN2CCC[C@@H]2CO1. The molecule has 0 saturated carbocycles. The molecule has 1 N–H and O–H groups in total. The molecular weight excluding hydrogens is 522 g/mol. The first-order valence-corrected chi connectivity index (χ1v) is 14.6. The highest BCUT2D eigenvalue weighted by Gasteiger charge is 2.38. The van der Waals surface area contributed by atoms with E-state index in [9.17, 15) is 8.42 Å². The minimum atomic E-state index is -3.96. The fraction of sp³-hybridized carbons (Fsp3) is 0.538. The summed E-state index contributed by atoms with van der Waals surface area (Å²) in [6.07, 6.45) is 5.16. The minimum absolute atomic E-state index is 0.0174. The van der Waals surface area contributed by atoms with Crippen molar-refractivity contribution < 1.29 is 22.6 Å². The van der Waals surface area contributed by atoms with Crippen molar-refractivity contribution in [3.05, 3.63) is 47.8 Å². The van der Waals surface area contributed by atoms with Gasteiger partial charge in [0.2, 0.25) is 16.0 Å². The third-order valence-electron chi connectivity index (χ3n) is 7.63. The summed E-state index contributed by atoms with van der Waals surface area (Å²) in [5.41, 5.74) is 1.38. The van der Waals surface area contributed by atoms with E-state index in [4.69, 9.17) is 14.2 Å².